The van der Waals surface area contributed by atoms with Gasteiger partial charge < -0.3 is 24.4 Å². The van der Waals surface area contributed by atoms with Crippen LogP contribution in [0.25, 0.3) is 10.9 Å². The minimum atomic E-state index is -0.219. The maximum atomic E-state index is 12.5. The highest BCUT2D eigenvalue weighted by molar-refractivity contribution is 5.83. The summed E-state index contributed by atoms with van der Waals surface area (Å²) in [5.74, 6) is 1.08. The quantitative estimate of drug-likeness (QED) is 0.476. The van der Waals surface area contributed by atoms with E-state index < -0.39 is 0 Å². The molecule has 2 aromatic rings. The number of aromatic nitrogens is 1. The van der Waals surface area contributed by atoms with E-state index in [4.69, 9.17) is 4.74 Å². The number of hydrogen-bond donors (Lipinski definition) is 1. The van der Waals surface area contributed by atoms with Gasteiger partial charge in [0.05, 0.1) is 0 Å². The van der Waals surface area contributed by atoms with Gasteiger partial charge in [-0.2, -0.15) is 0 Å². The molecule has 0 saturated carbocycles. The first-order chi connectivity index (χ1) is 14.3. The smallest absolute Gasteiger partial charge is 0.251 e. The van der Waals surface area contributed by atoms with Crippen molar-refractivity contribution < 1.29 is 9.53 Å². The minimum absolute atomic E-state index is 0.157. The highest BCUT2D eigenvalue weighted by Crippen LogP contribution is 2.16. The van der Waals surface area contributed by atoms with E-state index in [2.05, 4.69) is 56.3 Å². The SMILES string of the molecule is CN=C(NCCCn1ccc2ccccc21)N1CCN(C(=O)C2CCCO2)CC1. The molecule has 156 valence electrons. The molecular formula is C22H31N5O2. The van der Waals surface area contributed by atoms with Gasteiger partial charge in [-0.05, 0) is 36.8 Å². The van der Waals surface area contributed by atoms with E-state index in [9.17, 15) is 4.79 Å². The van der Waals surface area contributed by atoms with Gasteiger partial charge in [0.2, 0.25) is 0 Å². The van der Waals surface area contributed by atoms with E-state index in [0.29, 0.717) is 6.61 Å². The number of nitrogens with one attached hydrogen (secondary N) is 1. The molecule has 7 nitrogen and oxygen atoms in total. The second-order valence-corrected chi connectivity index (χ2v) is 7.71. The standard InChI is InChI=1S/C22H31N5O2/c1-23-22(24-10-5-11-25-12-9-18-6-2-3-7-19(18)25)27-15-13-26(14-16-27)21(28)20-8-4-17-29-20/h2-3,6-7,9,12,20H,4-5,8,10-11,13-17H2,1H3,(H,23,24). The van der Waals surface area contributed by atoms with Gasteiger partial charge in [0.15, 0.2) is 5.96 Å². The molecule has 2 aliphatic heterocycles. The highest BCUT2D eigenvalue weighted by atomic mass is 16.5. The molecule has 1 aromatic carbocycles. The highest BCUT2D eigenvalue weighted by Gasteiger charge is 2.30. The number of piperazine rings is 1. The van der Waals surface area contributed by atoms with E-state index in [0.717, 1.165) is 64.5 Å². The second kappa shape index (κ2) is 9.31. The lowest BCUT2D eigenvalue weighted by atomic mass is 10.2. The molecule has 29 heavy (non-hydrogen) atoms. The van der Waals surface area contributed by atoms with Crippen LogP contribution < -0.4 is 5.32 Å². The Morgan fingerprint density at radius 3 is 2.72 bits per heavy atom. The van der Waals surface area contributed by atoms with Crippen molar-refractivity contribution in [2.45, 2.75) is 31.9 Å². The van der Waals surface area contributed by atoms with E-state index in [1.54, 1.807) is 0 Å². The third-order valence-electron chi connectivity index (χ3n) is 5.85. The zero-order valence-electron chi connectivity index (χ0n) is 17.2. The number of nitrogens with zero attached hydrogens (tertiary/aromatic N) is 4. The summed E-state index contributed by atoms with van der Waals surface area (Å²) in [7, 11) is 1.83. The monoisotopic (exact) mass is 397 g/mol. The lowest BCUT2D eigenvalue weighted by Gasteiger charge is -2.37. The number of fused-ring (bicyclic) bond motifs is 1. The van der Waals surface area contributed by atoms with Crippen molar-refractivity contribution >= 4 is 22.8 Å². The Bertz CT molecular complexity index is 848. The number of aryl methyl sites for hydroxylation is 1. The normalized spacial score (nSPS) is 20.4. The number of amides is 1. The van der Waals surface area contributed by atoms with Gasteiger partial charge in [-0.3, -0.25) is 9.79 Å². The third-order valence-corrected chi connectivity index (χ3v) is 5.85. The molecule has 2 fully saturated rings. The van der Waals surface area contributed by atoms with Crippen LogP contribution in [-0.2, 0) is 16.1 Å². The van der Waals surface area contributed by atoms with Gasteiger partial charge in [0.25, 0.3) is 5.91 Å². The van der Waals surface area contributed by atoms with E-state index in [1.165, 1.54) is 10.9 Å². The largest absolute Gasteiger partial charge is 0.368 e. The number of rotatable bonds is 5. The Morgan fingerprint density at radius 1 is 1.17 bits per heavy atom. The van der Waals surface area contributed by atoms with E-state index in [-0.39, 0.29) is 12.0 Å². The van der Waals surface area contributed by atoms with Crippen molar-refractivity contribution in [2.24, 2.45) is 4.99 Å². The first-order valence-corrected chi connectivity index (χ1v) is 10.7. The summed E-state index contributed by atoms with van der Waals surface area (Å²) in [6, 6.07) is 10.6. The Hall–Kier alpha value is -2.54. The van der Waals surface area contributed by atoms with Gasteiger partial charge in [-0.1, -0.05) is 18.2 Å². The third kappa shape index (κ3) is 4.56. The minimum Gasteiger partial charge on any atom is -0.368 e. The van der Waals surface area contributed by atoms with Crippen LogP contribution in [0.15, 0.2) is 41.5 Å². The van der Waals surface area contributed by atoms with Crippen LogP contribution in [0.3, 0.4) is 0 Å². The van der Waals surface area contributed by atoms with Crippen LogP contribution in [0, 0.1) is 0 Å². The molecule has 0 aliphatic carbocycles. The molecule has 1 unspecified atom stereocenters. The average molecular weight is 398 g/mol. The number of para-hydroxylation sites is 1. The van der Waals surface area contributed by atoms with E-state index in [1.807, 2.05) is 11.9 Å². The fourth-order valence-electron chi connectivity index (χ4n) is 4.23. The second-order valence-electron chi connectivity index (χ2n) is 7.71. The fourth-order valence-corrected chi connectivity index (χ4v) is 4.23. The molecule has 3 heterocycles. The van der Waals surface area contributed by atoms with Crippen molar-refractivity contribution in [3.63, 3.8) is 0 Å². The number of hydrogen-bond acceptors (Lipinski definition) is 3. The van der Waals surface area contributed by atoms with Crippen molar-refractivity contribution in [3.8, 4) is 0 Å². The molecule has 0 radical (unpaired) electrons. The van der Waals surface area contributed by atoms with Crippen LogP contribution in [0.1, 0.15) is 19.3 Å². The molecule has 0 bridgehead atoms. The van der Waals surface area contributed by atoms with Crippen molar-refractivity contribution in [3.05, 3.63) is 36.5 Å². The van der Waals surface area contributed by atoms with Gasteiger partial charge >= 0.3 is 0 Å². The Kier molecular flexibility index (Phi) is 6.34. The van der Waals surface area contributed by atoms with Crippen LogP contribution in [0.4, 0.5) is 0 Å². The Balaban J connectivity index is 1.21. The fraction of sp³-hybridized carbons (Fsp3) is 0.545. The predicted molar refractivity (Wildman–Crippen MR) is 115 cm³/mol. The summed E-state index contributed by atoms with van der Waals surface area (Å²) < 4.78 is 7.84. The summed E-state index contributed by atoms with van der Waals surface area (Å²) >= 11 is 0. The molecule has 7 heteroatoms. The molecule has 1 N–H and O–H groups in total. The number of ether oxygens (including phenoxy) is 1. The number of carbonyl (C=O) groups is 1. The van der Waals surface area contributed by atoms with E-state index >= 15 is 0 Å². The zero-order valence-corrected chi connectivity index (χ0v) is 17.2. The Morgan fingerprint density at radius 2 is 1.97 bits per heavy atom. The Labute approximate surface area is 172 Å². The average Bonchev–Trinajstić information content (AvgIpc) is 3.44. The van der Waals surface area contributed by atoms with Crippen molar-refractivity contribution in [2.75, 3.05) is 46.4 Å². The molecule has 1 amide bonds. The van der Waals surface area contributed by atoms with Crippen LogP contribution in [-0.4, -0.2) is 78.7 Å². The van der Waals surface area contributed by atoms with Gasteiger partial charge in [-0.15, -0.1) is 0 Å². The van der Waals surface area contributed by atoms with Gasteiger partial charge in [0, 0.05) is 64.6 Å². The lowest BCUT2D eigenvalue weighted by Crippen LogP contribution is -2.55. The molecule has 2 aliphatic rings. The maximum absolute atomic E-state index is 12.5. The summed E-state index contributed by atoms with van der Waals surface area (Å²) in [4.78, 5) is 21.1. The number of guanidine groups is 1. The van der Waals surface area contributed by atoms with Crippen LogP contribution in [0.5, 0.6) is 0 Å². The number of aliphatic imine (C=N–C) groups is 1. The lowest BCUT2D eigenvalue weighted by molar-refractivity contribution is -0.142. The molecule has 2 saturated heterocycles. The zero-order chi connectivity index (χ0) is 20.1. The number of benzene rings is 1. The first-order valence-electron chi connectivity index (χ1n) is 10.7. The molecular weight excluding hydrogens is 366 g/mol. The van der Waals surface area contributed by atoms with Crippen LogP contribution in [0.2, 0.25) is 0 Å². The summed E-state index contributed by atoms with van der Waals surface area (Å²) in [5.41, 5.74) is 1.28. The maximum Gasteiger partial charge on any atom is 0.251 e. The van der Waals surface area contributed by atoms with Crippen LogP contribution >= 0.6 is 0 Å². The molecule has 1 atom stereocenters. The summed E-state index contributed by atoms with van der Waals surface area (Å²) in [5, 5.41) is 4.77. The van der Waals surface area contributed by atoms with Crippen molar-refractivity contribution in [1.82, 2.24) is 19.7 Å². The molecule has 1 aromatic heterocycles. The number of carbonyl (C=O) groups excluding carboxylic acids is 1. The molecule has 4 rings (SSSR count). The predicted octanol–water partition coefficient (Wildman–Crippen LogP) is 1.93. The van der Waals surface area contributed by atoms with Gasteiger partial charge in [-0.25, -0.2) is 0 Å². The van der Waals surface area contributed by atoms with Gasteiger partial charge in [0.1, 0.15) is 6.10 Å². The van der Waals surface area contributed by atoms with Crippen molar-refractivity contribution in [1.29, 1.82) is 0 Å². The topological polar surface area (TPSA) is 62.1 Å². The summed E-state index contributed by atoms with van der Waals surface area (Å²) in [6.07, 6.45) is 4.81. The first kappa shape index (κ1) is 19.8. The summed E-state index contributed by atoms with van der Waals surface area (Å²) in [6.45, 7) is 5.63. The molecule has 0 spiro atoms.